The first-order valence-electron chi connectivity index (χ1n) is 4.86. The molecule has 0 aliphatic rings. The van der Waals surface area contributed by atoms with Crippen LogP contribution in [0.15, 0.2) is 47.4 Å². The third-order valence-corrected chi connectivity index (χ3v) is 2.57. The lowest BCUT2D eigenvalue weighted by Gasteiger charge is -2.06. The summed E-state index contributed by atoms with van der Waals surface area (Å²) in [6.45, 7) is 0.501. The molecule has 0 spiro atoms. The molecule has 0 radical (unpaired) electrons. The number of nitrogens with two attached hydrogens (primary N) is 1. The fourth-order valence-electron chi connectivity index (χ4n) is 1.47. The second-order valence-corrected chi connectivity index (χ2v) is 3.96. The Balaban J connectivity index is 2.31. The molecule has 0 unspecified atom stereocenters. The van der Waals surface area contributed by atoms with Crippen molar-refractivity contribution in [2.45, 2.75) is 6.54 Å². The van der Waals surface area contributed by atoms with E-state index in [0.29, 0.717) is 11.6 Å². The maximum Gasteiger partial charge on any atom is 0.273 e. The van der Waals surface area contributed by atoms with Gasteiger partial charge in [0.2, 0.25) is 0 Å². The highest BCUT2D eigenvalue weighted by molar-refractivity contribution is 6.30. The van der Waals surface area contributed by atoms with Gasteiger partial charge >= 0.3 is 0 Å². The van der Waals surface area contributed by atoms with Crippen molar-refractivity contribution in [3.05, 3.63) is 63.5 Å². The molecule has 1 heterocycles. The standard InChI is InChI=1S/C12H11ClN2O/c13-10-5-3-9(4-6-10)8-15-7-1-2-11(14)12(15)16/h1-7H,8,14H2. The maximum atomic E-state index is 11.7. The van der Waals surface area contributed by atoms with Crippen molar-refractivity contribution in [1.82, 2.24) is 4.57 Å². The van der Waals surface area contributed by atoms with Crippen LogP contribution in [-0.2, 0) is 6.54 Å². The fourth-order valence-corrected chi connectivity index (χ4v) is 1.59. The highest BCUT2D eigenvalue weighted by Gasteiger charge is 2.00. The van der Waals surface area contributed by atoms with Crippen molar-refractivity contribution < 1.29 is 0 Å². The number of nitrogens with zero attached hydrogens (tertiary/aromatic N) is 1. The predicted octanol–water partition coefficient (Wildman–Crippen LogP) is 2.13. The Labute approximate surface area is 98.1 Å². The van der Waals surface area contributed by atoms with E-state index in [2.05, 4.69) is 0 Å². The van der Waals surface area contributed by atoms with E-state index in [1.165, 1.54) is 0 Å². The monoisotopic (exact) mass is 234 g/mol. The highest BCUT2D eigenvalue weighted by atomic mass is 35.5. The molecule has 4 heteroatoms. The topological polar surface area (TPSA) is 48.0 Å². The largest absolute Gasteiger partial charge is 0.394 e. The van der Waals surface area contributed by atoms with Crippen LogP contribution < -0.4 is 11.3 Å². The van der Waals surface area contributed by atoms with Gasteiger partial charge in [0.15, 0.2) is 0 Å². The summed E-state index contributed by atoms with van der Waals surface area (Å²) in [6, 6.07) is 10.7. The van der Waals surface area contributed by atoms with E-state index in [1.54, 1.807) is 35.0 Å². The first kappa shape index (κ1) is 10.8. The molecule has 3 nitrogen and oxygen atoms in total. The summed E-state index contributed by atoms with van der Waals surface area (Å²) in [5.74, 6) is 0. The number of nitrogen functional groups attached to an aromatic ring is 1. The predicted molar refractivity (Wildman–Crippen MR) is 65.7 cm³/mol. The second kappa shape index (κ2) is 4.41. The first-order valence-corrected chi connectivity index (χ1v) is 5.24. The Morgan fingerprint density at radius 3 is 2.56 bits per heavy atom. The normalized spacial score (nSPS) is 10.3. The van der Waals surface area contributed by atoms with Gasteiger partial charge in [-0.05, 0) is 29.8 Å². The van der Waals surface area contributed by atoms with Crippen molar-refractivity contribution in [3.8, 4) is 0 Å². The number of hydrogen-bond acceptors (Lipinski definition) is 2. The minimum absolute atomic E-state index is 0.169. The van der Waals surface area contributed by atoms with Crippen molar-refractivity contribution in [1.29, 1.82) is 0 Å². The first-order chi connectivity index (χ1) is 7.66. The summed E-state index contributed by atoms with van der Waals surface area (Å²) >= 11 is 5.78. The molecule has 1 aromatic heterocycles. The van der Waals surface area contributed by atoms with Crippen molar-refractivity contribution >= 4 is 17.3 Å². The van der Waals surface area contributed by atoms with E-state index in [4.69, 9.17) is 17.3 Å². The van der Waals surface area contributed by atoms with Crippen molar-refractivity contribution in [2.24, 2.45) is 0 Å². The maximum absolute atomic E-state index is 11.7. The van der Waals surface area contributed by atoms with Gasteiger partial charge < -0.3 is 10.3 Å². The minimum atomic E-state index is -0.169. The van der Waals surface area contributed by atoms with Gasteiger partial charge in [0.25, 0.3) is 5.56 Å². The van der Waals surface area contributed by atoms with E-state index in [1.807, 2.05) is 12.1 Å². The van der Waals surface area contributed by atoms with Gasteiger partial charge in [0.1, 0.15) is 0 Å². The SMILES string of the molecule is Nc1cccn(Cc2ccc(Cl)cc2)c1=O. The Kier molecular flexibility index (Phi) is 2.97. The number of rotatable bonds is 2. The number of pyridine rings is 1. The lowest BCUT2D eigenvalue weighted by molar-refractivity contribution is 0.762. The van der Waals surface area contributed by atoms with Gasteiger partial charge in [-0.25, -0.2) is 0 Å². The molecule has 1 aromatic carbocycles. The number of aromatic nitrogens is 1. The zero-order chi connectivity index (χ0) is 11.5. The van der Waals surface area contributed by atoms with E-state index < -0.39 is 0 Å². The van der Waals surface area contributed by atoms with E-state index in [0.717, 1.165) is 5.56 Å². The molecule has 2 rings (SSSR count). The molecular formula is C12H11ClN2O. The molecule has 0 aliphatic heterocycles. The number of hydrogen-bond donors (Lipinski definition) is 1. The molecule has 2 aromatic rings. The summed E-state index contributed by atoms with van der Waals surface area (Å²) in [4.78, 5) is 11.7. The molecule has 0 atom stereocenters. The lowest BCUT2D eigenvalue weighted by atomic mass is 10.2. The van der Waals surface area contributed by atoms with Crippen molar-refractivity contribution in [3.63, 3.8) is 0 Å². The Morgan fingerprint density at radius 1 is 1.19 bits per heavy atom. The van der Waals surface area contributed by atoms with Crippen LogP contribution in [0.2, 0.25) is 5.02 Å². The summed E-state index contributed by atoms with van der Waals surface area (Å²) in [5.41, 5.74) is 6.65. The second-order valence-electron chi connectivity index (χ2n) is 3.52. The zero-order valence-electron chi connectivity index (χ0n) is 8.56. The fraction of sp³-hybridized carbons (Fsp3) is 0.0833. The van der Waals surface area contributed by atoms with Crippen LogP contribution in [0.4, 0.5) is 5.69 Å². The zero-order valence-corrected chi connectivity index (χ0v) is 9.32. The van der Waals surface area contributed by atoms with Crippen LogP contribution in [0, 0.1) is 0 Å². The van der Waals surface area contributed by atoms with Gasteiger partial charge in [-0.3, -0.25) is 4.79 Å². The molecular weight excluding hydrogens is 224 g/mol. The van der Waals surface area contributed by atoms with Gasteiger partial charge in [0, 0.05) is 11.2 Å². The summed E-state index contributed by atoms with van der Waals surface area (Å²) in [6.07, 6.45) is 1.72. The van der Waals surface area contributed by atoms with Crippen LogP contribution >= 0.6 is 11.6 Å². The summed E-state index contributed by atoms with van der Waals surface area (Å²) < 4.78 is 1.57. The van der Waals surface area contributed by atoms with Crippen LogP contribution in [-0.4, -0.2) is 4.57 Å². The summed E-state index contributed by atoms with van der Waals surface area (Å²) in [7, 11) is 0. The molecule has 2 N–H and O–H groups in total. The minimum Gasteiger partial charge on any atom is -0.394 e. The molecule has 82 valence electrons. The Bertz CT molecular complexity index is 546. The summed E-state index contributed by atoms with van der Waals surface area (Å²) in [5, 5.41) is 0.684. The lowest BCUT2D eigenvalue weighted by Crippen LogP contribution is -2.22. The van der Waals surface area contributed by atoms with Gasteiger partial charge in [-0.1, -0.05) is 23.7 Å². The Morgan fingerprint density at radius 2 is 1.88 bits per heavy atom. The average Bonchev–Trinajstić information content (AvgIpc) is 2.28. The van der Waals surface area contributed by atoms with Crippen LogP contribution in [0.5, 0.6) is 0 Å². The van der Waals surface area contributed by atoms with Crippen LogP contribution in [0.25, 0.3) is 0 Å². The van der Waals surface area contributed by atoms with Gasteiger partial charge in [-0.15, -0.1) is 0 Å². The molecule has 0 saturated heterocycles. The van der Waals surface area contributed by atoms with E-state index in [9.17, 15) is 4.79 Å². The number of anilines is 1. The number of halogens is 1. The highest BCUT2D eigenvalue weighted by Crippen LogP contribution is 2.10. The number of benzene rings is 1. The third-order valence-electron chi connectivity index (χ3n) is 2.32. The molecule has 0 bridgehead atoms. The van der Waals surface area contributed by atoms with Crippen LogP contribution in [0.3, 0.4) is 0 Å². The van der Waals surface area contributed by atoms with Gasteiger partial charge in [0.05, 0.1) is 12.2 Å². The molecule has 0 saturated carbocycles. The molecule has 0 aliphatic carbocycles. The third kappa shape index (κ3) is 2.25. The smallest absolute Gasteiger partial charge is 0.273 e. The van der Waals surface area contributed by atoms with Crippen LogP contribution in [0.1, 0.15) is 5.56 Å². The molecule has 16 heavy (non-hydrogen) atoms. The quantitative estimate of drug-likeness (QED) is 0.866. The van der Waals surface area contributed by atoms with Gasteiger partial charge in [-0.2, -0.15) is 0 Å². The molecule has 0 amide bonds. The van der Waals surface area contributed by atoms with E-state index in [-0.39, 0.29) is 11.2 Å². The average molecular weight is 235 g/mol. The van der Waals surface area contributed by atoms with Crippen molar-refractivity contribution in [2.75, 3.05) is 5.73 Å². The Hall–Kier alpha value is -1.74. The van der Waals surface area contributed by atoms with E-state index >= 15 is 0 Å². The molecule has 0 fully saturated rings.